The van der Waals surface area contributed by atoms with Gasteiger partial charge in [-0.25, -0.2) is 0 Å². The van der Waals surface area contributed by atoms with Crippen LogP contribution in [-0.2, 0) is 0 Å². The van der Waals surface area contributed by atoms with E-state index in [0.717, 1.165) is 6.04 Å². The lowest BCUT2D eigenvalue weighted by molar-refractivity contribution is 0.116. The van der Waals surface area contributed by atoms with Crippen molar-refractivity contribution in [2.75, 3.05) is 13.6 Å². The van der Waals surface area contributed by atoms with Crippen LogP contribution >= 0.6 is 0 Å². The number of hydrogen-bond donors (Lipinski definition) is 0. The van der Waals surface area contributed by atoms with Gasteiger partial charge in [0.15, 0.2) is 0 Å². The van der Waals surface area contributed by atoms with Crippen LogP contribution < -0.4 is 0 Å². The molecular formula is C10H21N. The average Bonchev–Trinajstić information content (AvgIpc) is 2.02. The number of likely N-dealkylation sites (tertiary alicyclic amines) is 1. The lowest BCUT2D eigenvalue weighted by atomic mass is 9.97. The van der Waals surface area contributed by atoms with Crippen LogP contribution in [0.25, 0.3) is 0 Å². The monoisotopic (exact) mass is 155 g/mol. The van der Waals surface area contributed by atoms with E-state index >= 15 is 0 Å². The molecule has 0 aromatic carbocycles. The lowest BCUT2D eigenvalue weighted by Crippen LogP contribution is -2.44. The van der Waals surface area contributed by atoms with Gasteiger partial charge in [0.05, 0.1) is 0 Å². The number of rotatable bonds is 5. The van der Waals surface area contributed by atoms with Gasteiger partial charge in [0.2, 0.25) is 0 Å². The van der Waals surface area contributed by atoms with E-state index in [9.17, 15) is 0 Å². The molecule has 0 aromatic heterocycles. The summed E-state index contributed by atoms with van der Waals surface area (Å²) in [5, 5.41) is 0. The summed E-state index contributed by atoms with van der Waals surface area (Å²) >= 11 is 0. The minimum atomic E-state index is 0.937. The predicted molar refractivity (Wildman–Crippen MR) is 49.8 cm³/mol. The van der Waals surface area contributed by atoms with Crippen LogP contribution in [0.3, 0.4) is 0 Å². The van der Waals surface area contributed by atoms with Crippen molar-refractivity contribution in [2.45, 2.75) is 51.5 Å². The third kappa shape index (κ3) is 2.82. The molecule has 0 radical (unpaired) electrons. The quantitative estimate of drug-likeness (QED) is 0.552. The standard InChI is InChI=1S/C10H21N/c1-3-4-5-6-7-10-8-9-11(10)2/h10H,3-9H2,1-2H3. The fraction of sp³-hybridized carbons (Fsp3) is 1.00. The molecule has 1 heteroatoms. The molecule has 1 rings (SSSR count). The Hall–Kier alpha value is -0.0400. The van der Waals surface area contributed by atoms with Gasteiger partial charge >= 0.3 is 0 Å². The third-order valence-electron chi connectivity index (χ3n) is 2.83. The van der Waals surface area contributed by atoms with Crippen molar-refractivity contribution in [1.82, 2.24) is 4.90 Å². The Labute approximate surface area is 70.8 Å². The first kappa shape index (κ1) is 9.05. The summed E-state index contributed by atoms with van der Waals surface area (Å²) in [5.41, 5.74) is 0. The number of nitrogens with zero attached hydrogens (tertiary/aromatic N) is 1. The maximum atomic E-state index is 2.48. The Morgan fingerprint density at radius 3 is 2.55 bits per heavy atom. The summed E-state index contributed by atoms with van der Waals surface area (Å²) < 4.78 is 0. The fourth-order valence-electron chi connectivity index (χ4n) is 1.74. The minimum absolute atomic E-state index is 0.937. The van der Waals surface area contributed by atoms with Gasteiger partial charge in [-0.05, 0) is 26.4 Å². The Balaban J connectivity index is 1.87. The van der Waals surface area contributed by atoms with Gasteiger partial charge in [0, 0.05) is 6.04 Å². The van der Waals surface area contributed by atoms with Crippen LogP contribution in [0, 0.1) is 0 Å². The first-order valence-corrected chi connectivity index (χ1v) is 5.05. The second-order valence-corrected chi connectivity index (χ2v) is 3.77. The molecule has 0 saturated carbocycles. The van der Waals surface area contributed by atoms with Gasteiger partial charge in [-0.15, -0.1) is 0 Å². The van der Waals surface area contributed by atoms with Crippen molar-refractivity contribution in [1.29, 1.82) is 0 Å². The van der Waals surface area contributed by atoms with Gasteiger partial charge in [-0.1, -0.05) is 32.6 Å². The fourth-order valence-corrected chi connectivity index (χ4v) is 1.74. The molecule has 0 N–H and O–H groups in total. The van der Waals surface area contributed by atoms with Crippen molar-refractivity contribution in [3.05, 3.63) is 0 Å². The van der Waals surface area contributed by atoms with E-state index < -0.39 is 0 Å². The number of hydrogen-bond acceptors (Lipinski definition) is 1. The Morgan fingerprint density at radius 2 is 2.09 bits per heavy atom. The highest BCUT2D eigenvalue weighted by Crippen LogP contribution is 2.20. The zero-order valence-corrected chi connectivity index (χ0v) is 7.97. The van der Waals surface area contributed by atoms with Crippen molar-refractivity contribution in [2.24, 2.45) is 0 Å². The molecule has 1 heterocycles. The van der Waals surface area contributed by atoms with Gasteiger partial charge < -0.3 is 4.90 Å². The average molecular weight is 155 g/mol. The van der Waals surface area contributed by atoms with E-state index in [2.05, 4.69) is 18.9 Å². The van der Waals surface area contributed by atoms with Crippen molar-refractivity contribution >= 4 is 0 Å². The summed E-state index contributed by atoms with van der Waals surface area (Å²) in [6, 6.07) is 0.937. The molecule has 11 heavy (non-hydrogen) atoms. The molecule has 1 aliphatic heterocycles. The maximum absolute atomic E-state index is 2.48. The highest BCUT2D eigenvalue weighted by molar-refractivity contribution is 4.78. The molecular weight excluding hydrogens is 134 g/mol. The molecule has 66 valence electrons. The Bertz CT molecular complexity index is 101. The maximum Gasteiger partial charge on any atom is 0.0104 e. The smallest absolute Gasteiger partial charge is 0.0104 e. The van der Waals surface area contributed by atoms with Crippen LogP contribution in [-0.4, -0.2) is 24.5 Å². The van der Waals surface area contributed by atoms with E-state index in [1.807, 2.05) is 0 Å². The molecule has 0 bridgehead atoms. The van der Waals surface area contributed by atoms with Gasteiger partial charge in [0.1, 0.15) is 0 Å². The molecule has 1 aliphatic rings. The summed E-state index contributed by atoms with van der Waals surface area (Å²) in [4.78, 5) is 2.48. The second-order valence-electron chi connectivity index (χ2n) is 3.77. The van der Waals surface area contributed by atoms with Crippen molar-refractivity contribution in [3.63, 3.8) is 0 Å². The first-order chi connectivity index (χ1) is 5.34. The van der Waals surface area contributed by atoms with Crippen LogP contribution in [0.15, 0.2) is 0 Å². The van der Waals surface area contributed by atoms with Crippen LogP contribution in [0.5, 0.6) is 0 Å². The molecule has 0 spiro atoms. The Morgan fingerprint density at radius 1 is 1.27 bits per heavy atom. The molecule has 1 fully saturated rings. The molecule has 0 aliphatic carbocycles. The third-order valence-corrected chi connectivity index (χ3v) is 2.83. The first-order valence-electron chi connectivity index (χ1n) is 5.05. The highest BCUT2D eigenvalue weighted by Gasteiger charge is 2.22. The van der Waals surface area contributed by atoms with E-state index in [0.29, 0.717) is 0 Å². The normalized spacial score (nSPS) is 25.1. The van der Waals surface area contributed by atoms with Crippen LogP contribution in [0.4, 0.5) is 0 Å². The zero-order valence-electron chi connectivity index (χ0n) is 7.97. The zero-order chi connectivity index (χ0) is 8.10. The molecule has 1 unspecified atom stereocenters. The molecule has 0 amide bonds. The summed E-state index contributed by atoms with van der Waals surface area (Å²) in [6.07, 6.45) is 8.57. The summed E-state index contributed by atoms with van der Waals surface area (Å²) in [7, 11) is 2.24. The SMILES string of the molecule is CCCCCCC1CCN1C. The van der Waals surface area contributed by atoms with E-state index in [1.165, 1.54) is 45.1 Å². The van der Waals surface area contributed by atoms with E-state index in [1.54, 1.807) is 0 Å². The van der Waals surface area contributed by atoms with E-state index in [-0.39, 0.29) is 0 Å². The minimum Gasteiger partial charge on any atom is -0.303 e. The van der Waals surface area contributed by atoms with E-state index in [4.69, 9.17) is 0 Å². The summed E-state index contributed by atoms with van der Waals surface area (Å²) in [5.74, 6) is 0. The largest absolute Gasteiger partial charge is 0.303 e. The summed E-state index contributed by atoms with van der Waals surface area (Å²) in [6.45, 7) is 3.61. The van der Waals surface area contributed by atoms with Crippen LogP contribution in [0.1, 0.15) is 45.4 Å². The van der Waals surface area contributed by atoms with Gasteiger partial charge in [-0.2, -0.15) is 0 Å². The van der Waals surface area contributed by atoms with Gasteiger partial charge in [0.25, 0.3) is 0 Å². The lowest BCUT2D eigenvalue weighted by Gasteiger charge is -2.38. The van der Waals surface area contributed by atoms with Crippen molar-refractivity contribution in [3.8, 4) is 0 Å². The molecule has 1 saturated heterocycles. The topological polar surface area (TPSA) is 3.24 Å². The predicted octanol–water partition coefficient (Wildman–Crippen LogP) is 2.66. The molecule has 0 aromatic rings. The van der Waals surface area contributed by atoms with Crippen molar-refractivity contribution < 1.29 is 0 Å². The Kier molecular flexibility index (Phi) is 3.92. The highest BCUT2D eigenvalue weighted by atomic mass is 15.2. The molecule has 1 atom stereocenters. The molecule has 1 nitrogen and oxygen atoms in total. The number of unbranched alkanes of at least 4 members (excludes halogenated alkanes) is 3. The van der Waals surface area contributed by atoms with Crippen LogP contribution in [0.2, 0.25) is 0 Å². The second kappa shape index (κ2) is 4.76. The van der Waals surface area contributed by atoms with Gasteiger partial charge in [-0.3, -0.25) is 0 Å².